The number of pyridine rings is 1. The zero-order valence-electron chi connectivity index (χ0n) is 11.8. The number of primary amides is 1. The molecule has 1 aromatic rings. The van der Waals surface area contributed by atoms with E-state index in [-0.39, 0.29) is 24.4 Å². The molecule has 0 saturated carbocycles. The molecular formula is C13H19N3O4. The standard InChI is InChI=1S/C13H19N3O4/c1-13(2,19)7-15-12(18)10-9(11(14)17)5-4-8(16-10)6-20-3/h4-5,19H,6-7H2,1-3H3,(H2,14,17)(H,15,18). The van der Waals surface area contributed by atoms with Crippen molar-refractivity contribution in [3.63, 3.8) is 0 Å². The number of nitrogens with zero attached hydrogens (tertiary/aromatic N) is 1. The average molecular weight is 281 g/mol. The molecule has 7 heteroatoms. The zero-order valence-corrected chi connectivity index (χ0v) is 11.8. The van der Waals surface area contributed by atoms with Gasteiger partial charge in [0.1, 0.15) is 5.69 Å². The molecule has 0 bridgehead atoms. The van der Waals surface area contributed by atoms with Crippen molar-refractivity contribution in [2.75, 3.05) is 13.7 Å². The van der Waals surface area contributed by atoms with E-state index in [2.05, 4.69) is 10.3 Å². The lowest BCUT2D eigenvalue weighted by Gasteiger charge is -2.18. The maximum Gasteiger partial charge on any atom is 0.270 e. The molecule has 0 unspecified atom stereocenters. The van der Waals surface area contributed by atoms with E-state index in [0.29, 0.717) is 5.69 Å². The summed E-state index contributed by atoms with van der Waals surface area (Å²) >= 11 is 0. The SMILES string of the molecule is COCc1ccc(C(N)=O)c(C(=O)NCC(C)(C)O)n1. The summed E-state index contributed by atoms with van der Waals surface area (Å²) in [6.45, 7) is 3.35. The van der Waals surface area contributed by atoms with Crippen LogP contribution in [0.15, 0.2) is 12.1 Å². The first-order valence-electron chi connectivity index (χ1n) is 6.04. The second-order valence-corrected chi connectivity index (χ2v) is 4.99. The van der Waals surface area contributed by atoms with Crippen molar-refractivity contribution in [2.24, 2.45) is 5.73 Å². The summed E-state index contributed by atoms with van der Waals surface area (Å²) in [5.41, 5.74) is 4.61. The van der Waals surface area contributed by atoms with Gasteiger partial charge in [-0.1, -0.05) is 0 Å². The van der Waals surface area contributed by atoms with Gasteiger partial charge in [0.05, 0.1) is 23.5 Å². The van der Waals surface area contributed by atoms with Gasteiger partial charge >= 0.3 is 0 Å². The van der Waals surface area contributed by atoms with Gasteiger partial charge in [-0.05, 0) is 26.0 Å². The first-order valence-corrected chi connectivity index (χ1v) is 6.04. The molecular weight excluding hydrogens is 262 g/mol. The van der Waals surface area contributed by atoms with Crippen LogP contribution in [-0.2, 0) is 11.3 Å². The number of aromatic nitrogens is 1. The van der Waals surface area contributed by atoms with E-state index in [1.54, 1.807) is 19.9 Å². The normalized spacial score (nSPS) is 11.2. The molecule has 4 N–H and O–H groups in total. The summed E-state index contributed by atoms with van der Waals surface area (Å²) in [5, 5.41) is 12.1. The Morgan fingerprint density at radius 1 is 1.45 bits per heavy atom. The highest BCUT2D eigenvalue weighted by atomic mass is 16.5. The van der Waals surface area contributed by atoms with Crippen molar-refractivity contribution in [3.8, 4) is 0 Å². The van der Waals surface area contributed by atoms with Gasteiger partial charge in [-0.15, -0.1) is 0 Å². The lowest BCUT2D eigenvalue weighted by atomic mass is 10.1. The molecule has 1 heterocycles. The highest BCUT2D eigenvalue weighted by molar-refractivity contribution is 6.05. The van der Waals surface area contributed by atoms with Crippen molar-refractivity contribution >= 4 is 11.8 Å². The smallest absolute Gasteiger partial charge is 0.270 e. The zero-order chi connectivity index (χ0) is 15.3. The minimum atomic E-state index is -1.06. The molecule has 0 aliphatic heterocycles. The van der Waals surface area contributed by atoms with Crippen molar-refractivity contribution in [3.05, 3.63) is 29.1 Å². The molecule has 2 amide bonds. The fraction of sp³-hybridized carbons (Fsp3) is 0.462. The Morgan fingerprint density at radius 2 is 2.10 bits per heavy atom. The van der Waals surface area contributed by atoms with Crippen LogP contribution in [0.25, 0.3) is 0 Å². The largest absolute Gasteiger partial charge is 0.389 e. The molecule has 0 atom stereocenters. The number of carbonyl (C=O) groups is 2. The summed E-state index contributed by atoms with van der Waals surface area (Å²) in [5.74, 6) is -1.31. The van der Waals surface area contributed by atoms with Gasteiger partial charge in [0, 0.05) is 13.7 Å². The van der Waals surface area contributed by atoms with E-state index in [1.807, 2.05) is 0 Å². The summed E-state index contributed by atoms with van der Waals surface area (Å²) in [4.78, 5) is 27.4. The Morgan fingerprint density at radius 3 is 2.60 bits per heavy atom. The fourth-order valence-electron chi connectivity index (χ4n) is 1.48. The summed E-state index contributed by atoms with van der Waals surface area (Å²) in [7, 11) is 1.50. The maximum absolute atomic E-state index is 12.0. The van der Waals surface area contributed by atoms with Crippen LogP contribution in [-0.4, -0.2) is 41.2 Å². The third kappa shape index (κ3) is 4.60. The Balaban J connectivity index is 3.02. The Bertz CT molecular complexity index is 509. The number of nitrogens with two attached hydrogens (primary N) is 1. The number of hydrogen-bond acceptors (Lipinski definition) is 5. The van der Waals surface area contributed by atoms with E-state index >= 15 is 0 Å². The third-order valence-electron chi connectivity index (χ3n) is 2.41. The lowest BCUT2D eigenvalue weighted by Crippen LogP contribution is -2.39. The van der Waals surface area contributed by atoms with E-state index in [4.69, 9.17) is 10.5 Å². The fourth-order valence-corrected chi connectivity index (χ4v) is 1.48. The first-order chi connectivity index (χ1) is 9.24. The van der Waals surface area contributed by atoms with Crippen molar-refractivity contribution in [2.45, 2.75) is 26.1 Å². The minimum Gasteiger partial charge on any atom is -0.389 e. The number of ether oxygens (including phenoxy) is 1. The van der Waals surface area contributed by atoms with E-state index in [1.165, 1.54) is 13.2 Å². The Hall–Kier alpha value is -1.99. The predicted molar refractivity (Wildman–Crippen MR) is 72.1 cm³/mol. The topological polar surface area (TPSA) is 115 Å². The van der Waals surface area contributed by atoms with Gasteiger partial charge in [0.2, 0.25) is 0 Å². The molecule has 0 fully saturated rings. The van der Waals surface area contributed by atoms with E-state index in [0.717, 1.165) is 0 Å². The third-order valence-corrected chi connectivity index (χ3v) is 2.41. The van der Waals surface area contributed by atoms with Gasteiger partial charge in [-0.2, -0.15) is 0 Å². The van der Waals surface area contributed by atoms with Crippen molar-refractivity contribution < 1.29 is 19.4 Å². The molecule has 0 aromatic carbocycles. The Labute approximate surface area is 117 Å². The molecule has 110 valence electrons. The van der Waals surface area contributed by atoms with Gasteiger partial charge in [-0.3, -0.25) is 9.59 Å². The van der Waals surface area contributed by atoms with E-state index in [9.17, 15) is 14.7 Å². The summed E-state index contributed by atoms with van der Waals surface area (Å²) in [6, 6.07) is 3.00. The minimum absolute atomic E-state index is 0.0260. The quantitative estimate of drug-likeness (QED) is 0.669. The number of hydrogen-bond donors (Lipinski definition) is 3. The number of aliphatic hydroxyl groups is 1. The van der Waals surface area contributed by atoms with Crippen LogP contribution < -0.4 is 11.1 Å². The van der Waals surface area contributed by atoms with Crippen LogP contribution in [0.3, 0.4) is 0 Å². The molecule has 0 radical (unpaired) electrons. The highest BCUT2D eigenvalue weighted by Gasteiger charge is 2.20. The summed E-state index contributed by atoms with van der Waals surface area (Å²) < 4.78 is 4.93. The van der Waals surface area contributed by atoms with Gasteiger partial charge < -0.3 is 20.9 Å². The lowest BCUT2D eigenvalue weighted by molar-refractivity contribution is 0.0690. The molecule has 0 aliphatic rings. The predicted octanol–water partition coefficient (Wildman–Crippen LogP) is -0.172. The second-order valence-electron chi connectivity index (χ2n) is 4.99. The molecule has 0 spiro atoms. The highest BCUT2D eigenvalue weighted by Crippen LogP contribution is 2.09. The van der Waals surface area contributed by atoms with Crippen molar-refractivity contribution in [1.82, 2.24) is 10.3 Å². The van der Waals surface area contributed by atoms with Crippen LogP contribution >= 0.6 is 0 Å². The van der Waals surface area contributed by atoms with Gasteiger partial charge in [0.15, 0.2) is 0 Å². The van der Waals surface area contributed by atoms with Gasteiger partial charge in [-0.25, -0.2) is 4.98 Å². The monoisotopic (exact) mass is 281 g/mol. The molecule has 0 saturated heterocycles. The number of nitrogens with one attached hydrogen (secondary N) is 1. The number of rotatable bonds is 6. The Kier molecular flexibility index (Phi) is 5.18. The molecule has 0 aliphatic carbocycles. The van der Waals surface area contributed by atoms with Gasteiger partial charge in [0.25, 0.3) is 11.8 Å². The number of carbonyl (C=O) groups excluding carboxylic acids is 2. The average Bonchev–Trinajstić information content (AvgIpc) is 2.35. The number of amides is 2. The molecule has 20 heavy (non-hydrogen) atoms. The van der Waals surface area contributed by atoms with Crippen LogP contribution in [0, 0.1) is 0 Å². The van der Waals surface area contributed by atoms with Crippen LogP contribution in [0.5, 0.6) is 0 Å². The van der Waals surface area contributed by atoms with Crippen LogP contribution in [0.2, 0.25) is 0 Å². The first kappa shape index (κ1) is 16.1. The second kappa shape index (κ2) is 6.44. The summed E-state index contributed by atoms with van der Waals surface area (Å²) in [6.07, 6.45) is 0. The maximum atomic E-state index is 12.0. The molecule has 1 aromatic heterocycles. The number of methoxy groups -OCH3 is 1. The van der Waals surface area contributed by atoms with Crippen molar-refractivity contribution in [1.29, 1.82) is 0 Å². The molecule has 1 rings (SSSR count). The van der Waals surface area contributed by atoms with Crippen LogP contribution in [0.4, 0.5) is 0 Å². The van der Waals surface area contributed by atoms with Crippen LogP contribution in [0.1, 0.15) is 40.4 Å². The van der Waals surface area contributed by atoms with E-state index < -0.39 is 17.4 Å². The molecule has 7 nitrogen and oxygen atoms in total.